The average Bonchev–Trinajstić information content (AvgIpc) is 3.43. The van der Waals surface area contributed by atoms with Gasteiger partial charge in [0.1, 0.15) is 12.3 Å². The Bertz CT molecular complexity index is 1220. The number of Topliss-reactive ketones (excluding diaryl/α,β-unsaturated/α-hetero) is 1. The van der Waals surface area contributed by atoms with Gasteiger partial charge < -0.3 is 4.57 Å². The summed E-state index contributed by atoms with van der Waals surface area (Å²) in [4.78, 5) is 14.1. The normalized spacial score (nSPS) is 11.1. The van der Waals surface area contributed by atoms with Crippen LogP contribution in [0.1, 0.15) is 29.4 Å². The number of aryl methyl sites for hydroxylation is 1. The summed E-state index contributed by atoms with van der Waals surface area (Å²) < 4.78 is 1.99. The molecule has 2 aromatic heterocycles. The molecule has 0 aliphatic carbocycles. The molecule has 8 nitrogen and oxygen atoms in total. The summed E-state index contributed by atoms with van der Waals surface area (Å²) in [6.45, 7) is 7.20. The Morgan fingerprint density at radius 2 is 1.81 bits per heavy atom. The summed E-state index contributed by atoms with van der Waals surface area (Å²) in [5, 5.41) is 22.0. The van der Waals surface area contributed by atoms with E-state index < -0.39 is 0 Å². The van der Waals surface area contributed by atoms with Gasteiger partial charge in [0.05, 0.1) is 5.75 Å². The topological polar surface area (TPSA) is 91.4 Å². The fraction of sp³-hybridized carbons (Fsp3) is 0.304. The maximum absolute atomic E-state index is 12.6. The highest BCUT2D eigenvalue weighted by Crippen LogP contribution is 2.20. The summed E-state index contributed by atoms with van der Waals surface area (Å²) >= 11 is 1.42. The number of hydrogen-bond acceptors (Lipinski definition) is 7. The van der Waals surface area contributed by atoms with Gasteiger partial charge in [0.2, 0.25) is 5.82 Å². The molecule has 32 heavy (non-hydrogen) atoms. The number of nitrogens with zero attached hydrogens (tertiary/aromatic N) is 7. The number of carbonyl (C=O) groups excluding carboxylic acids is 1. The quantitative estimate of drug-likeness (QED) is 0.363. The standard InChI is InChI=1S/C23H25N7OS/c1-4-29-21(14-30-27-22(25-28-30)18-10-6-5-7-11-18)24-26-23(29)32-15-20(31)13-19-12-8-9-16(2)17(19)3/h5-12H,4,13-15H2,1-3H3. The molecule has 164 valence electrons. The van der Waals surface area contributed by atoms with E-state index in [0.717, 1.165) is 22.1 Å². The summed E-state index contributed by atoms with van der Waals surface area (Å²) in [7, 11) is 0. The lowest BCUT2D eigenvalue weighted by Gasteiger charge is -2.08. The van der Waals surface area contributed by atoms with E-state index in [0.29, 0.717) is 31.1 Å². The second-order valence-electron chi connectivity index (χ2n) is 7.52. The summed E-state index contributed by atoms with van der Waals surface area (Å²) in [6, 6.07) is 15.8. The van der Waals surface area contributed by atoms with Gasteiger partial charge in [-0.15, -0.1) is 20.4 Å². The number of aromatic nitrogens is 7. The van der Waals surface area contributed by atoms with Crippen molar-refractivity contribution < 1.29 is 4.79 Å². The van der Waals surface area contributed by atoms with Gasteiger partial charge in [-0.2, -0.15) is 4.80 Å². The molecule has 0 fully saturated rings. The number of thioether (sulfide) groups is 1. The largest absolute Gasteiger partial charge is 0.305 e. The molecular weight excluding hydrogens is 422 g/mol. The molecule has 0 amide bonds. The Morgan fingerprint density at radius 1 is 1.00 bits per heavy atom. The molecule has 2 aromatic carbocycles. The first-order valence-electron chi connectivity index (χ1n) is 10.5. The zero-order valence-electron chi connectivity index (χ0n) is 18.4. The number of tetrazole rings is 1. The van der Waals surface area contributed by atoms with Crippen molar-refractivity contribution in [1.29, 1.82) is 0 Å². The summed E-state index contributed by atoms with van der Waals surface area (Å²) in [5.74, 6) is 1.82. The van der Waals surface area contributed by atoms with Crippen LogP contribution in [-0.2, 0) is 24.3 Å². The zero-order chi connectivity index (χ0) is 22.5. The van der Waals surface area contributed by atoms with Crippen molar-refractivity contribution in [1.82, 2.24) is 35.0 Å². The van der Waals surface area contributed by atoms with Crippen molar-refractivity contribution in [3.05, 3.63) is 71.0 Å². The molecule has 4 aromatic rings. The van der Waals surface area contributed by atoms with Gasteiger partial charge >= 0.3 is 0 Å². The van der Waals surface area contributed by atoms with Crippen LogP contribution >= 0.6 is 11.8 Å². The Morgan fingerprint density at radius 3 is 2.59 bits per heavy atom. The molecule has 0 saturated heterocycles. The molecule has 0 aliphatic rings. The second kappa shape index (κ2) is 9.86. The van der Waals surface area contributed by atoms with Crippen molar-refractivity contribution in [3.8, 4) is 11.4 Å². The lowest BCUT2D eigenvalue weighted by Crippen LogP contribution is -2.12. The monoisotopic (exact) mass is 447 g/mol. The van der Waals surface area contributed by atoms with Crippen LogP contribution in [-0.4, -0.2) is 46.5 Å². The lowest BCUT2D eigenvalue weighted by molar-refractivity contribution is -0.116. The number of ketones is 1. The Kier molecular flexibility index (Phi) is 6.75. The maximum atomic E-state index is 12.6. The number of carbonyl (C=O) groups is 1. The average molecular weight is 448 g/mol. The molecule has 2 heterocycles. The first-order valence-corrected chi connectivity index (χ1v) is 11.5. The summed E-state index contributed by atoms with van der Waals surface area (Å²) in [6.07, 6.45) is 0.429. The molecule has 0 N–H and O–H groups in total. The van der Waals surface area contributed by atoms with E-state index in [9.17, 15) is 4.79 Å². The number of hydrogen-bond donors (Lipinski definition) is 0. The second-order valence-corrected chi connectivity index (χ2v) is 8.46. The predicted molar refractivity (Wildman–Crippen MR) is 123 cm³/mol. The van der Waals surface area contributed by atoms with Crippen LogP contribution in [0.2, 0.25) is 0 Å². The highest BCUT2D eigenvalue weighted by atomic mass is 32.2. The first kappa shape index (κ1) is 21.9. The zero-order valence-corrected chi connectivity index (χ0v) is 19.2. The third-order valence-corrected chi connectivity index (χ3v) is 6.37. The fourth-order valence-electron chi connectivity index (χ4n) is 3.41. The van der Waals surface area contributed by atoms with Crippen LogP contribution in [0, 0.1) is 13.8 Å². The smallest absolute Gasteiger partial charge is 0.204 e. The van der Waals surface area contributed by atoms with Crippen LogP contribution in [0.4, 0.5) is 0 Å². The molecule has 0 aliphatic heterocycles. The van der Waals surface area contributed by atoms with Crippen molar-refractivity contribution in [3.63, 3.8) is 0 Å². The Labute approximate surface area is 191 Å². The minimum absolute atomic E-state index is 0.168. The maximum Gasteiger partial charge on any atom is 0.204 e. The van der Waals surface area contributed by atoms with E-state index in [4.69, 9.17) is 0 Å². The molecule has 0 spiro atoms. The van der Waals surface area contributed by atoms with Crippen LogP contribution in [0.15, 0.2) is 53.7 Å². The third-order valence-electron chi connectivity index (χ3n) is 5.34. The van der Waals surface area contributed by atoms with Crippen LogP contribution in [0.25, 0.3) is 11.4 Å². The van der Waals surface area contributed by atoms with E-state index in [1.807, 2.05) is 54.0 Å². The molecule has 0 atom stereocenters. The molecule has 0 unspecified atom stereocenters. The van der Waals surface area contributed by atoms with Gasteiger partial charge in [-0.05, 0) is 42.7 Å². The number of benzene rings is 2. The number of rotatable bonds is 9. The minimum atomic E-state index is 0.168. The Hall–Kier alpha value is -3.33. The molecular formula is C23H25N7OS. The Balaban J connectivity index is 1.40. The van der Waals surface area contributed by atoms with Gasteiger partial charge in [0.15, 0.2) is 11.0 Å². The van der Waals surface area contributed by atoms with Crippen LogP contribution in [0.5, 0.6) is 0 Å². The molecule has 4 rings (SSSR count). The highest BCUT2D eigenvalue weighted by Gasteiger charge is 2.16. The fourth-order valence-corrected chi connectivity index (χ4v) is 4.29. The van der Waals surface area contributed by atoms with E-state index in [2.05, 4.69) is 45.5 Å². The van der Waals surface area contributed by atoms with Gasteiger partial charge in [-0.1, -0.05) is 60.3 Å². The van der Waals surface area contributed by atoms with E-state index in [1.54, 1.807) is 0 Å². The first-order chi connectivity index (χ1) is 15.5. The van der Waals surface area contributed by atoms with Crippen molar-refractivity contribution in [2.24, 2.45) is 0 Å². The van der Waals surface area contributed by atoms with E-state index >= 15 is 0 Å². The predicted octanol–water partition coefficient (Wildman–Crippen LogP) is 3.52. The van der Waals surface area contributed by atoms with Crippen molar-refractivity contribution >= 4 is 17.5 Å². The van der Waals surface area contributed by atoms with Gasteiger partial charge in [-0.25, -0.2) is 0 Å². The van der Waals surface area contributed by atoms with Crippen molar-refractivity contribution in [2.45, 2.75) is 45.4 Å². The van der Waals surface area contributed by atoms with Crippen molar-refractivity contribution in [2.75, 3.05) is 5.75 Å². The van der Waals surface area contributed by atoms with Gasteiger partial charge in [0, 0.05) is 18.5 Å². The SMILES string of the molecule is CCn1c(Cn2nnc(-c3ccccc3)n2)nnc1SCC(=O)Cc1cccc(C)c1C. The summed E-state index contributed by atoms with van der Waals surface area (Å²) in [5.41, 5.74) is 4.38. The highest BCUT2D eigenvalue weighted by molar-refractivity contribution is 7.99. The molecule has 0 bridgehead atoms. The van der Waals surface area contributed by atoms with E-state index in [1.165, 1.54) is 27.7 Å². The third kappa shape index (κ3) is 4.94. The molecule has 9 heteroatoms. The van der Waals surface area contributed by atoms with Gasteiger partial charge in [-0.3, -0.25) is 4.79 Å². The molecule has 0 saturated carbocycles. The molecule has 0 radical (unpaired) electrons. The van der Waals surface area contributed by atoms with Gasteiger partial charge in [0.25, 0.3) is 0 Å². The lowest BCUT2D eigenvalue weighted by atomic mass is 10.00. The van der Waals surface area contributed by atoms with Crippen LogP contribution < -0.4 is 0 Å². The van der Waals surface area contributed by atoms with E-state index in [-0.39, 0.29) is 5.78 Å². The van der Waals surface area contributed by atoms with Crippen LogP contribution in [0.3, 0.4) is 0 Å². The minimum Gasteiger partial charge on any atom is -0.305 e.